The van der Waals surface area contributed by atoms with Crippen LogP contribution in [0.25, 0.3) is 0 Å². The summed E-state index contributed by atoms with van der Waals surface area (Å²) in [5.74, 6) is 2.17. The first-order valence-electron chi connectivity index (χ1n) is 5.73. The van der Waals surface area contributed by atoms with Crippen molar-refractivity contribution >= 4 is 24.0 Å². The third-order valence-corrected chi connectivity index (χ3v) is 3.12. The molecule has 102 valence electrons. The Morgan fingerprint density at radius 2 is 2.16 bits per heavy atom. The van der Waals surface area contributed by atoms with Crippen LogP contribution in [0, 0.1) is 0 Å². The number of hydrogen-bond acceptors (Lipinski definition) is 5. The van der Waals surface area contributed by atoms with Crippen molar-refractivity contribution in [3.8, 4) is 5.75 Å². The lowest BCUT2D eigenvalue weighted by atomic mass is 10.0. The Balaban J connectivity index is 0.00000133. The van der Waals surface area contributed by atoms with Gasteiger partial charge in [0, 0.05) is 13.1 Å². The number of ether oxygens (including phenoxy) is 1. The molecule has 5 nitrogen and oxygen atoms in total. The molecule has 1 aromatic heterocycles. The lowest BCUT2D eigenvalue weighted by Crippen LogP contribution is -2.40. The normalized spacial score (nSPS) is 14.6. The fraction of sp³-hybridized carbons (Fsp3) is 0.333. The van der Waals surface area contributed by atoms with Crippen molar-refractivity contribution in [1.29, 1.82) is 0 Å². The smallest absolute Gasteiger partial charge is 0.232 e. The number of hydrogen-bond donors (Lipinski definition) is 1. The molecule has 0 amide bonds. The summed E-state index contributed by atoms with van der Waals surface area (Å²) in [5, 5.41) is 7.61. The molecular weight excluding hydrogens is 289 g/mol. The van der Waals surface area contributed by atoms with Crippen LogP contribution < -0.4 is 10.1 Å². The highest BCUT2D eigenvalue weighted by Gasteiger charge is 2.25. The molecular formula is C12H13Cl2N3O2. The van der Waals surface area contributed by atoms with E-state index >= 15 is 0 Å². The zero-order valence-electron chi connectivity index (χ0n) is 10.0. The lowest BCUT2D eigenvalue weighted by molar-refractivity contribution is 0.278. The van der Waals surface area contributed by atoms with E-state index in [2.05, 4.69) is 15.5 Å². The maximum absolute atomic E-state index is 5.98. The predicted molar refractivity (Wildman–Crippen MR) is 72.9 cm³/mol. The van der Waals surface area contributed by atoms with E-state index in [0.717, 1.165) is 13.1 Å². The second-order valence-corrected chi connectivity index (χ2v) is 4.53. The molecule has 0 radical (unpaired) electrons. The van der Waals surface area contributed by atoms with Gasteiger partial charge in [0.2, 0.25) is 11.7 Å². The van der Waals surface area contributed by atoms with Crippen LogP contribution in [0.4, 0.5) is 0 Å². The molecule has 0 aliphatic carbocycles. The SMILES string of the molecule is Cl.Clc1ccccc1OCc1noc(C2CNC2)n1. The zero-order valence-corrected chi connectivity index (χ0v) is 11.6. The van der Waals surface area contributed by atoms with Crippen molar-refractivity contribution in [3.05, 3.63) is 41.0 Å². The first kappa shape index (κ1) is 14.1. The third kappa shape index (κ3) is 3.18. The summed E-state index contributed by atoms with van der Waals surface area (Å²) >= 11 is 5.98. The van der Waals surface area contributed by atoms with Crippen LogP contribution in [-0.4, -0.2) is 23.2 Å². The Bertz CT molecular complexity index is 543. The summed E-state index contributed by atoms with van der Waals surface area (Å²) in [4.78, 5) is 4.29. The van der Waals surface area contributed by atoms with Crippen LogP contribution in [0.2, 0.25) is 5.02 Å². The molecule has 2 aromatic rings. The molecule has 0 spiro atoms. The molecule has 7 heteroatoms. The monoisotopic (exact) mass is 301 g/mol. The van der Waals surface area contributed by atoms with Crippen LogP contribution in [-0.2, 0) is 6.61 Å². The van der Waals surface area contributed by atoms with Crippen molar-refractivity contribution in [2.45, 2.75) is 12.5 Å². The summed E-state index contributed by atoms with van der Waals surface area (Å²) in [7, 11) is 0. The Kier molecular flexibility index (Phi) is 4.63. The largest absolute Gasteiger partial charge is 0.484 e. The van der Waals surface area contributed by atoms with Crippen molar-refractivity contribution in [3.63, 3.8) is 0 Å². The highest BCUT2D eigenvalue weighted by atomic mass is 35.5. The van der Waals surface area contributed by atoms with E-state index in [0.29, 0.717) is 28.4 Å². The number of benzene rings is 1. The average Bonchev–Trinajstić information content (AvgIpc) is 2.74. The fourth-order valence-electron chi connectivity index (χ4n) is 1.66. The van der Waals surface area contributed by atoms with Gasteiger partial charge in [0.25, 0.3) is 0 Å². The van der Waals surface area contributed by atoms with Crippen molar-refractivity contribution in [2.24, 2.45) is 0 Å². The molecule has 0 saturated carbocycles. The van der Waals surface area contributed by atoms with Gasteiger partial charge in [0.15, 0.2) is 6.61 Å². The first-order chi connectivity index (χ1) is 8.83. The van der Waals surface area contributed by atoms with Gasteiger partial charge in [-0.25, -0.2) is 0 Å². The number of aromatic nitrogens is 2. The molecule has 0 unspecified atom stereocenters. The van der Waals surface area contributed by atoms with Crippen LogP contribution in [0.5, 0.6) is 5.75 Å². The predicted octanol–water partition coefficient (Wildman–Crippen LogP) is 2.41. The summed E-state index contributed by atoms with van der Waals surface area (Å²) in [6, 6.07) is 7.30. The summed E-state index contributed by atoms with van der Waals surface area (Å²) in [6.45, 7) is 2.05. The van der Waals surface area contributed by atoms with E-state index in [9.17, 15) is 0 Å². The van der Waals surface area contributed by atoms with Gasteiger partial charge in [0.1, 0.15) is 5.75 Å². The van der Waals surface area contributed by atoms with Gasteiger partial charge in [0.05, 0.1) is 10.9 Å². The maximum Gasteiger partial charge on any atom is 0.232 e. The molecule has 3 rings (SSSR count). The maximum atomic E-state index is 5.98. The molecule has 1 N–H and O–H groups in total. The molecule has 2 heterocycles. The quantitative estimate of drug-likeness (QED) is 0.940. The summed E-state index contributed by atoms with van der Waals surface area (Å²) in [6.07, 6.45) is 0. The van der Waals surface area contributed by atoms with Crippen LogP contribution >= 0.6 is 24.0 Å². The van der Waals surface area contributed by atoms with E-state index in [-0.39, 0.29) is 19.0 Å². The molecule has 1 aliphatic rings. The zero-order chi connectivity index (χ0) is 12.4. The van der Waals surface area contributed by atoms with E-state index in [1.807, 2.05) is 12.1 Å². The topological polar surface area (TPSA) is 60.2 Å². The van der Waals surface area contributed by atoms with E-state index in [1.165, 1.54) is 0 Å². The van der Waals surface area contributed by atoms with E-state index < -0.39 is 0 Å². The lowest BCUT2D eigenvalue weighted by Gasteiger charge is -2.22. The van der Waals surface area contributed by atoms with Gasteiger partial charge >= 0.3 is 0 Å². The Morgan fingerprint density at radius 1 is 1.37 bits per heavy atom. The van der Waals surface area contributed by atoms with Gasteiger partial charge in [-0.15, -0.1) is 12.4 Å². The first-order valence-corrected chi connectivity index (χ1v) is 6.11. The minimum Gasteiger partial charge on any atom is -0.484 e. The van der Waals surface area contributed by atoms with Gasteiger partial charge in [-0.2, -0.15) is 4.98 Å². The molecule has 0 bridgehead atoms. The van der Waals surface area contributed by atoms with Crippen molar-refractivity contribution in [2.75, 3.05) is 13.1 Å². The molecule has 1 aromatic carbocycles. The minimum absolute atomic E-state index is 0. The van der Waals surface area contributed by atoms with Gasteiger partial charge in [-0.3, -0.25) is 0 Å². The van der Waals surface area contributed by atoms with Crippen LogP contribution in [0.1, 0.15) is 17.6 Å². The second kappa shape index (κ2) is 6.23. The third-order valence-electron chi connectivity index (χ3n) is 2.81. The van der Waals surface area contributed by atoms with Crippen LogP contribution in [0.3, 0.4) is 0 Å². The average molecular weight is 302 g/mol. The standard InChI is InChI=1S/C12H12ClN3O2.ClH/c13-9-3-1-2-4-10(9)17-7-11-15-12(18-16-11)8-5-14-6-8;/h1-4,8,14H,5-7H2;1H. The number of halogens is 2. The van der Waals surface area contributed by atoms with Crippen molar-refractivity contribution < 1.29 is 9.26 Å². The minimum atomic E-state index is 0. The molecule has 1 aliphatic heterocycles. The molecule has 0 atom stereocenters. The highest BCUT2D eigenvalue weighted by molar-refractivity contribution is 6.32. The second-order valence-electron chi connectivity index (χ2n) is 4.12. The number of nitrogens with one attached hydrogen (secondary N) is 1. The number of para-hydroxylation sites is 1. The fourth-order valence-corrected chi connectivity index (χ4v) is 1.85. The Morgan fingerprint density at radius 3 is 2.84 bits per heavy atom. The summed E-state index contributed by atoms with van der Waals surface area (Å²) in [5.41, 5.74) is 0. The molecule has 1 fully saturated rings. The van der Waals surface area contributed by atoms with Gasteiger partial charge < -0.3 is 14.6 Å². The number of nitrogens with zero attached hydrogens (tertiary/aromatic N) is 2. The van der Waals surface area contributed by atoms with Crippen molar-refractivity contribution in [1.82, 2.24) is 15.5 Å². The molecule has 1 saturated heterocycles. The summed E-state index contributed by atoms with van der Waals surface area (Å²) < 4.78 is 10.7. The number of rotatable bonds is 4. The Hall–Kier alpha value is -1.30. The molecule has 19 heavy (non-hydrogen) atoms. The Labute approximate surface area is 121 Å². The van der Waals surface area contributed by atoms with Gasteiger partial charge in [-0.05, 0) is 12.1 Å². The van der Waals surface area contributed by atoms with E-state index in [4.69, 9.17) is 20.9 Å². The van der Waals surface area contributed by atoms with Gasteiger partial charge in [-0.1, -0.05) is 28.9 Å². The van der Waals surface area contributed by atoms with E-state index in [1.54, 1.807) is 12.1 Å². The highest BCUT2D eigenvalue weighted by Crippen LogP contribution is 2.24. The van der Waals surface area contributed by atoms with Crippen LogP contribution in [0.15, 0.2) is 28.8 Å².